The van der Waals surface area contributed by atoms with Crippen molar-refractivity contribution in [3.8, 4) is 5.69 Å². The molecule has 6 nitrogen and oxygen atoms in total. The lowest BCUT2D eigenvalue weighted by Gasteiger charge is -2.26. The van der Waals surface area contributed by atoms with Crippen molar-refractivity contribution < 1.29 is 18.8 Å². The maximum atomic E-state index is 13.3. The summed E-state index contributed by atoms with van der Waals surface area (Å²) in [5.74, 6) is -1.77. The van der Waals surface area contributed by atoms with Crippen LogP contribution < -0.4 is 10.2 Å². The maximum Gasteiger partial charge on any atom is 0.335 e. The van der Waals surface area contributed by atoms with E-state index in [1.807, 2.05) is 24.5 Å². The zero-order valence-corrected chi connectivity index (χ0v) is 16.3. The number of nitrogens with one attached hydrogen (secondary N) is 1. The number of carbonyl (C=O) groups is 3. The zero-order valence-electron chi connectivity index (χ0n) is 16.3. The number of amides is 4. The third kappa shape index (κ3) is 3.30. The molecule has 1 aliphatic rings. The van der Waals surface area contributed by atoms with Gasteiger partial charge in [0.1, 0.15) is 11.4 Å². The Morgan fingerprint density at radius 1 is 0.900 bits per heavy atom. The SMILES string of the molecule is Cc1cc(C=C2C(=O)NC(=O)N(c3ccccc3)C2=O)c(C)n1-c1ccc(F)cc1. The molecule has 0 atom stereocenters. The van der Waals surface area contributed by atoms with Crippen molar-refractivity contribution in [1.29, 1.82) is 0 Å². The van der Waals surface area contributed by atoms with E-state index in [-0.39, 0.29) is 11.4 Å². The summed E-state index contributed by atoms with van der Waals surface area (Å²) in [6, 6.07) is 15.5. The van der Waals surface area contributed by atoms with Gasteiger partial charge in [-0.25, -0.2) is 14.1 Å². The van der Waals surface area contributed by atoms with Crippen LogP contribution in [0.1, 0.15) is 17.0 Å². The fourth-order valence-corrected chi connectivity index (χ4v) is 3.55. The summed E-state index contributed by atoms with van der Waals surface area (Å²) in [5, 5.41) is 2.22. The van der Waals surface area contributed by atoms with Crippen molar-refractivity contribution in [1.82, 2.24) is 9.88 Å². The second kappa shape index (κ2) is 7.44. The van der Waals surface area contributed by atoms with E-state index >= 15 is 0 Å². The van der Waals surface area contributed by atoms with Crippen LogP contribution in [0.5, 0.6) is 0 Å². The topological polar surface area (TPSA) is 71.4 Å². The summed E-state index contributed by atoms with van der Waals surface area (Å²) in [5.41, 5.74) is 3.27. The molecule has 1 N–H and O–H groups in total. The molecule has 0 radical (unpaired) electrons. The Labute approximate surface area is 172 Å². The van der Waals surface area contributed by atoms with Crippen molar-refractivity contribution in [2.45, 2.75) is 13.8 Å². The van der Waals surface area contributed by atoms with Crippen LogP contribution >= 0.6 is 0 Å². The van der Waals surface area contributed by atoms with Gasteiger partial charge in [-0.1, -0.05) is 18.2 Å². The van der Waals surface area contributed by atoms with E-state index in [4.69, 9.17) is 0 Å². The molecule has 2 aromatic carbocycles. The molecule has 0 saturated carbocycles. The summed E-state index contributed by atoms with van der Waals surface area (Å²) < 4.78 is 15.2. The minimum Gasteiger partial charge on any atom is -0.318 e. The molecule has 0 spiro atoms. The molecule has 3 aromatic rings. The molecular formula is C23H18FN3O3. The van der Waals surface area contributed by atoms with Crippen LogP contribution in [0.25, 0.3) is 11.8 Å². The predicted octanol–water partition coefficient (Wildman–Crippen LogP) is 3.90. The first-order valence-electron chi connectivity index (χ1n) is 9.28. The van der Waals surface area contributed by atoms with E-state index in [0.29, 0.717) is 11.3 Å². The van der Waals surface area contributed by atoms with Gasteiger partial charge in [-0.05, 0) is 68.0 Å². The number of nitrogens with zero attached hydrogens (tertiary/aromatic N) is 2. The molecule has 1 aromatic heterocycles. The largest absolute Gasteiger partial charge is 0.335 e. The number of anilines is 1. The van der Waals surface area contributed by atoms with Crippen LogP contribution in [-0.2, 0) is 9.59 Å². The first kappa shape index (κ1) is 19.3. The highest BCUT2D eigenvalue weighted by Gasteiger charge is 2.36. The standard InChI is InChI=1S/C23H18FN3O3/c1-14-12-16(15(2)26(14)19-10-8-17(24)9-11-19)13-20-21(28)25-23(30)27(22(20)29)18-6-4-3-5-7-18/h3-13H,1-2H3,(H,25,28,30). The number of para-hydroxylation sites is 1. The smallest absolute Gasteiger partial charge is 0.318 e. The molecule has 0 aliphatic carbocycles. The van der Waals surface area contributed by atoms with E-state index in [9.17, 15) is 18.8 Å². The van der Waals surface area contributed by atoms with Crippen LogP contribution in [0.2, 0.25) is 0 Å². The van der Waals surface area contributed by atoms with E-state index < -0.39 is 17.8 Å². The van der Waals surface area contributed by atoms with Crippen molar-refractivity contribution in [3.63, 3.8) is 0 Å². The molecular weight excluding hydrogens is 385 g/mol. The Bertz CT molecular complexity index is 1190. The molecule has 4 amide bonds. The average molecular weight is 403 g/mol. The first-order valence-corrected chi connectivity index (χ1v) is 9.28. The van der Waals surface area contributed by atoms with Gasteiger partial charge in [0.15, 0.2) is 0 Å². The van der Waals surface area contributed by atoms with Crippen LogP contribution in [-0.4, -0.2) is 22.4 Å². The molecule has 1 aliphatic heterocycles. The maximum absolute atomic E-state index is 13.3. The summed E-state index contributed by atoms with van der Waals surface area (Å²) >= 11 is 0. The fourth-order valence-electron chi connectivity index (χ4n) is 3.55. The number of hydrogen-bond donors (Lipinski definition) is 1. The Kier molecular flexibility index (Phi) is 4.79. The average Bonchev–Trinajstić information content (AvgIpc) is 3.00. The minimum absolute atomic E-state index is 0.141. The molecule has 2 heterocycles. The predicted molar refractivity (Wildman–Crippen MR) is 111 cm³/mol. The molecule has 1 saturated heterocycles. The number of imide groups is 2. The van der Waals surface area contributed by atoms with Crippen molar-refractivity contribution >= 4 is 29.6 Å². The lowest BCUT2D eigenvalue weighted by molar-refractivity contribution is -0.122. The van der Waals surface area contributed by atoms with E-state index in [1.54, 1.807) is 42.5 Å². The van der Waals surface area contributed by atoms with E-state index in [2.05, 4.69) is 5.32 Å². The quantitative estimate of drug-likeness (QED) is 0.533. The zero-order chi connectivity index (χ0) is 21.4. The second-order valence-electron chi connectivity index (χ2n) is 6.93. The van der Waals surface area contributed by atoms with Gasteiger partial charge in [-0.3, -0.25) is 14.9 Å². The van der Waals surface area contributed by atoms with Gasteiger partial charge < -0.3 is 4.57 Å². The van der Waals surface area contributed by atoms with Crippen molar-refractivity contribution in [2.75, 3.05) is 4.90 Å². The first-order chi connectivity index (χ1) is 14.4. The van der Waals surface area contributed by atoms with Gasteiger partial charge in [0.05, 0.1) is 5.69 Å². The number of urea groups is 1. The summed E-state index contributed by atoms with van der Waals surface area (Å²) in [6.45, 7) is 3.72. The highest BCUT2D eigenvalue weighted by atomic mass is 19.1. The molecule has 0 bridgehead atoms. The molecule has 4 rings (SSSR count). The second-order valence-corrected chi connectivity index (χ2v) is 6.93. The van der Waals surface area contributed by atoms with Crippen LogP contribution in [0.4, 0.5) is 14.9 Å². The third-order valence-corrected chi connectivity index (χ3v) is 4.97. The summed E-state index contributed by atoms with van der Waals surface area (Å²) in [7, 11) is 0. The minimum atomic E-state index is -0.787. The highest BCUT2D eigenvalue weighted by Crippen LogP contribution is 2.26. The van der Waals surface area contributed by atoms with E-state index in [0.717, 1.165) is 22.0 Å². The number of aromatic nitrogens is 1. The number of halogens is 1. The monoisotopic (exact) mass is 403 g/mol. The van der Waals surface area contributed by atoms with Gasteiger partial charge in [0.25, 0.3) is 11.8 Å². The Morgan fingerprint density at radius 2 is 1.57 bits per heavy atom. The fraction of sp³-hybridized carbons (Fsp3) is 0.0870. The number of benzene rings is 2. The van der Waals surface area contributed by atoms with E-state index in [1.165, 1.54) is 18.2 Å². The molecule has 1 fully saturated rings. The van der Waals surface area contributed by atoms with Gasteiger partial charge in [-0.15, -0.1) is 0 Å². The van der Waals surface area contributed by atoms with Crippen LogP contribution in [0.3, 0.4) is 0 Å². The number of rotatable bonds is 3. The van der Waals surface area contributed by atoms with Crippen LogP contribution in [0, 0.1) is 19.7 Å². The molecule has 150 valence electrons. The molecule has 30 heavy (non-hydrogen) atoms. The lowest BCUT2D eigenvalue weighted by atomic mass is 10.1. The van der Waals surface area contributed by atoms with Gasteiger partial charge in [0, 0.05) is 17.1 Å². The van der Waals surface area contributed by atoms with Gasteiger partial charge >= 0.3 is 6.03 Å². The van der Waals surface area contributed by atoms with Crippen molar-refractivity contribution in [3.05, 3.63) is 89.0 Å². The van der Waals surface area contributed by atoms with Crippen LogP contribution in [0.15, 0.2) is 66.2 Å². The number of barbiturate groups is 1. The molecule has 7 heteroatoms. The third-order valence-electron chi connectivity index (χ3n) is 4.97. The lowest BCUT2D eigenvalue weighted by Crippen LogP contribution is -2.54. The Balaban J connectivity index is 1.76. The Morgan fingerprint density at radius 3 is 2.23 bits per heavy atom. The summed E-state index contributed by atoms with van der Waals surface area (Å²) in [6.07, 6.45) is 1.47. The summed E-state index contributed by atoms with van der Waals surface area (Å²) in [4.78, 5) is 38.6. The Hall–Kier alpha value is -4.00. The van der Waals surface area contributed by atoms with Crippen molar-refractivity contribution in [2.24, 2.45) is 0 Å². The van der Waals surface area contributed by atoms with Gasteiger partial charge in [0.2, 0.25) is 0 Å². The van der Waals surface area contributed by atoms with Gasteiger partial charge in [-0.2, -0.15) is 0 Å². The highest BCUT2D eigenvalue weighted by molar-refractivity contribution is 6.39. The number of carbonyl (C=O) groups excluding carboxylic acids is 3. The number of hydrogen-bond acceptors (Lipinski definition) is 3. The molecule has 0 unspecified atom stereocenters. The normalized spacial score (nSPS) is 15.6. The number of aryl methyl sites for hydroxylation is 1.